The summed E-state index contributed by atoms with van der Waals surface area (Å²) in [5, 5.41) is 9.35. The topological polar surface area (TPSA) is 83.9 Å². The Morgan fingerprint density at radius 1 is 1.30 bits per heavy atom. The number of hydrogen-bond donors (Lipinski definition) is 1. The largest absolute Gasteiger partial charge is 0.468 e. The molecule has 7 heteroatoms. The van der Waals surface area contributed by atoms with Gasteiger partial charge >= 0.3 is 0 Å². The van der Waals surface area contributed by atoms with Crippen molar-refractivity contribution in [2.75, 3.05) is 7.05 Å². The molecule has 2 aromatic heterocycles. The molecular formula is C13H17NO5S. The number of hydrogen-bond acceptors (Lipinski definition) is 5. The van der Waals surface area contributed by atoms with Gasteiger partial charge in [-0.15, -0.1) is 0 Å². The van der Waals surface area contributed by atoms with Gasteiger partial charge in [0.15, 0.2) is 0 Å². The highest BCUT2D eigenvalue weighted by Gasteiger charge is 2.30. The number of aliphatic hydroxyl groups is 1. The number of rotatable bonds is 5. The van der Waals surface area contributed by atoms with Gasteiger partial charge in [0.2, 0.25) is 10.0 Å². The summed E-state index contributed by atoms with van der Waals surface area (Å²) in [6, 6.07) is 3.40. The lowest BCUT2D eigenvalue weighted by Gasteiger charge is -2.16. The lowest BCUT2D eigenvalue weighted by molar-refractivity contribution is 0.276. The van der Waals surface area contributed by atoms with E-state index >= 15 is 0 Å². The Labute approximate surface area is 117 Å². The maximum Gasteiger partial charge on any atom is 0.247 e. The van der Waals surface area contributed by atoms with Crippen molar-refractivity contribution in [2.45, 2.75) is 31.9 Å². The number of furan rings is 2. The maximum absolute atomic E-state index is 12.6. The second-order valence-corrected chi connectivity index (χ2v) is 6.50. The average Bonchev–Trinajstić information content (AvgIpc) is 2.96. The molecule has 2 heterocycles. The van der Waals surface area contributed by atoms with E-state index in [9.17, 15) is 13.5 Å². The van der Waals surface area contributed by atoms with E-state index in [4.69, 9.17) is 8.83 Å². The fourth-order valence-electron chi connectivity index (χ4n) is 2.09. The second kappa shape index (κ2) is 5.43. The van der Waals surface area contributed by atoms with Crippen molar-refractivity contribution in [3.05, 3.63) is 41.2 Å². The van der Waals surface area contributed by atoms with E-state index in [1.807, 2.05) is 0 Å². The molecule has 0 fully saturated rings. The summed E-state index contributed by atoms with van der Waals surface area (Å²) >= 11 is 0. The minimum atomic E-state index is -3.75. The summed E-state index contributed by atoms with van der Waals surface area (Å²) in [5.41, 5.74) is 0.300. The predicted molar refractivity (Wildman–Crippen MR) is 71.5 cm³/mol. The zero-order valence-electron chi connectivity index (χ0n) is 11.6. The third-order valence-electron chi connectivity index (χ3n) is 3.11. The first kappa shape index (κ1) is 14.8. The predicted octanol–water partition coefficient (Wildman–Crippen LogP) is 1.80. The maximum atomic E-state index is 12.6. The minimum absolute atomic E-state index is 0.0338. The van der Waals surface area contributed by atoms with Crippen LogP contribution in [0, 0.1) is 13.8 Å². The summed E-state index contributed by atoms with van der Waals surface area (Å²) in [7, 11) is -2.29. The molecule has 6 nitrogen and oxygen atoms in total. The monoisotopic (exact) mass is 299 g/mol. The van der Waals surface area contributed by atoms with Crippen LogP contribution >= 0.6 is 0 Å². The van der Waals surface area contributed by atoms with E-state index < -0.39 is 10.0 Å². The molecule has 20 heavy (non-hydrogen) atoms. The Morgan fingerprint density at radius 2 is 2.00 bits per heavy atom. The average molecular weight is 299 g/mol. The van der Waals surface area contributed by atoms with Crippen LogP contribution in [0.1, 0.15) is 22.8 Å². The van der Waals surface area contributed by atoms with E-state index in [1.54, 1.807) is 26.0 Å². The first-order valence-corrected chi connectivity index (χ1v) is 7.50. The Balaban J connectivity index is 2.40. The van der Waals surface area contributed by atoms with E-state index in [2.05, 4.69) is 0 Å². The van der Waals surface area contributed by atoms with E-state index in [0.717, 1.165) is 0 Å². The highest BCUT2D eigenvalue weighted by atomic mass is 32.2. The molecule has 0 radical (unpaired) electrons. The second-order valence-electron chi connectivity index (χ2n) is 4.52. The molecule has 1 N–H and O–H groups in total. The molecule has 0 aliphatic carbocycles. The third kappa shape index (κ3) is 2.52. The highest BCUT2D eigenvalue weighted by Crippen LogP contribution is 2.29. The van der Waals surface area contributed by atoms with E-state index in [-0.39, 0.29) is 23.8 Å². The minimum Gasteiger partial charge on any atom is -0.468 e. The summed E-state index contributed by atoms with van der Waals surface area (Å²) in [4.78, 5) is 0.0338. The Bertz CT molecular complexity index is 685. The van der Waals surface area contributed by atoms with Gasteiger partial charge < -0.3 is 13.9 Å². The molecule has 2 aromatic rings. The van der Waals surface area contributed by atoms with Gasteiger partial charge in [0.05, 0.1) is 19.4 Å². The van der Waals surface area contributed by atoms with Crippen molar-refractivity contribution in [1.82, 2.24) is 4.31 Å². The van der Waals surface area contributed by atoms with Crippen LogP contribution in [0.4, 0.5) is 0 Å². The van der Waals surface area contributed by atoms with E-state index in [0.29, 0.717) is 17.1 Å². The van der Waals surface area contributed by atoms with Gasteiger partial charge in [-0.3, -0.25) is 0 Å². The lowest BCUT2D eigenvalue weighted by atomic mass is 10.2. The van der Waals surface area contributed by atoms with Gasteiger partial charge in [0.25, 0.3) is 0 Å². The van der Waals surface area contributed by atoms with Crippen molar-refractivity contribution in [2.24, 2.45) is 0 Å². The highest BCUT2D eigenvalue weighted by molar-refractivity contribution is 7.89. The van der Waals surface area contributed by atoms with Crippen LogP contribution in [-0.2, 0) is 23.2 Å². The van der Waals surface area contributed by atoms with Crippen LogP contribution in [0.5, 0.6) is 0 Å². The van der Waals surface area contributed by atoms with Crippen LogP contribution in [0.3, 0.4) is 0 Å². The van der Waals surface area contributed by atoms with Crippen LogP contribution in [0.2, 0.25) is 0 Å². The fraction of sp³-hybridized carbons (Fsp3) is 0.385. The van der Waals surface area contributed by atoms with Crippen LogP contribution in [0.15, 0.2) is 32.1 Å². The van der Waals surface area contributed by atoms with Crippen LogP contribution in [-0.4, -0.2) is 24.9 Å². The molecule has 0 saturated carbocycles. The van der Waals surface area contributed by atoms with Gasteiger partial charge in [0.1, 0.15) is 22.2 Å². The summed E-state index contributed by atoms with van der Waals surface area (Å²) < 4.78 is 36.8. The van der Waals surface area contributed by atoms with Gasteiger partial charge in [-0.1, -0.05) is 0 Å². The number of sulfonamides is 1. The quantitative estimate of drug-likeness (QED) is 0.910. The van der Waals surface area contributed by atoms with Gasteiger partial charge in [-0.05, 0) is 26.0 Å². The van der Waals surface area contributed by atoms with Crippen molar-refractivity contribution < 1.29 is 22.4 Å². The van der Waals surface area contributed by atoms with Crippen molar-refractivity contribution in [3.8, 4) is 0 Å². The van der Waals surface area contributed by atoms with Gasteiger partial charge in [-0.2, -0.15) is 4.31 Å². The summed E-state index contributed by atoms with van der Waals surface area (Å²) in [6.07, 6.45) is 1.49. The van der Waals surface area contributed by atoms with Crippen LogP contribution < -0.4 is 0 Å². The zero-order valence-corrected chi connectivity index (χ0v) is 12.4. The Hall–Kier alpha value is -1.57. The Kier molecular flexibility index (Phi) is 4.03. The molecule has 0 spiro atoms. The SMILES string of the molecule is Cc1oc(C)c(S(=O)(=O)N(C)Cc2ccco2)c1CO. The number of nitrogens with zero attached hydrogens (tertiary/aromatic N) is 1. The molecular weight excluding hydrogens is 282 g/mol. The Morgan fingerprint density at radius 3 is 2.55 bits per heavy atom. The third-order valence-corrected chi connectivity index (χ3v) is 5.11. The van der Waals surface area contributed by atoms with Crippen molar-refractivity contribution in [3.63, 3.8) is 0 Å². The lowest BCUT2D eigenvalue weighted by Crippen LogP contribution is -2.27. The molecule has 110 valence electrons. The molecule has 0 unspecified atom stereocenters. The molecule has 0 amide bonds. The molecule has 0 atom stereocenters. The van der Waals surface area contributed by atoms with Gasteiger partial charge in [-0.25, -0.2) is 8.42 Å². The number of aliphatic hydroxyl groups excluding tert-OH is 1. The van der Waals surface area contributed by atoms with Gasteiger partial charge in [0, 0.05) is 12.6 Å². The standard InChI is InChI=1S/C13H17NO5S/c1-9-12(8-15)13(10(2)19-9)20(16,17)14(3)7-11-5-4-6-18-11/h4-6,15H,7-8H2,1-3H3. The molecule has 0 saturated heterocycles. The summed E-state index contributed by atoms with van der Waals surface area (Å²) in [6.45, 7) is 2.93. The summed E-state index contributed by atoms with van der Waals surface area (Å²) in [5.74, 6) is 1.23. The fourth-order valence-corrected chi connectivity index (χ4v) is 3.63. The van der Waals surface area contributed by atoms with Crippen molar-refractivity contribution >= 4 is 10.0 Å². The first-order valence-electron chi connectivity index (χ1n) is 6.06. The van der Waals surface area contributed by atoms with Crippen molar-refractivity contribution in [1.29, 1.82) is 0 Å². The molecule has 0 aliphatic heterocycles. The van der Waals surface area contributed by atoms with E-state index in [1.165, 1.54) is 17.6 Å². The van der Waals surface area contributed by atoms with Crippen LogP contribution in [0.25, 0.3) is 0 Å². The molecule has 2 rings (SSSR count). The normalized spacial score (nSPS) is 12.2. The molecule has 0 aromatic carbocycles. The zero-order chi connectivity index (χ0) is 14.9. The smallest absolute Gasteiger partial charge is 0.247 e. The number of aryl methyl sites for hydroxylation is 2. The first-order chi connectivity index (χ1) is 9.37. The molecule has 0 aliphatic rings. The molecule has 0 bridgehead atoms.